The monoisotopic (exact) mass is 582 g/mol. The van der Waals surface area contributed by atoms with Crippen LogP contribution in [0.2, 0.25) is 0 Å². The molecule has 9 nitrogen and oxygen atoms in total. The summed E-state index contributed by atoms with van der Waals surface area (Å²) in [7, 11) is -3.93. The van der Waals surface area contributed by atoms with E-state index >= 15 is 0 Å². The van der Waals surface area contributed by atoms with Gasteiger partial charge >= 0.3 is 0 Å². The minimum atomic E-state index is -3.93. The number of hydrogen-bond acceptors (Lipinski definition) is 6. The van der Waals surface area contributed by atoms with Gasteiger partial charge in [-0.2, -0.15) is 0 Å². The molecule has 41 heavy (non-hydrogen) atoms. The largest absolute Gasteiger partial charge is 0.505 e. The highest BCUT2D eigenvalue weighted by Gasteiger charge is 2.29. The van der Waals surface area contributed by atoms with Crippen molar-refractivity contribution in [1.29, 1.82) is 0 Å². The van der Waals surface area contributed by atoms with E-state index < -0.39 is 10.0 Å². The summed E-state index contributed by atoms with van der Waals surface area (Å²) in [4.78, 5) is 27.8. The van der Waals surface area contributed by atoms with E-state index in [0.29, 0.717) is 12.0 Å². The van der Waals surface area contributed by atoms with Crippen molar-refractivity contribution in [2.24, 2.45) is 11.8 Å². The third-order valence-electron chi connectivity index (χ3n) is 6.90. The Morgan fingerprint density at radius 1 is 1.05 bits per heavy atom. The van der Waals surface area contributed by atoms with Crippen molar-refractivity contribution in [3.8, 4) is 18.1 Å². The summed E-state index contributed by atoms with van der Waals surface area (Å²) in [5.41, 5.74) is 3.51. The van der Waals surface area contributed by atoms with Gasteiger partial charge in [0, 0.05) is 25.9 Å². The molecular formula is C31H42N4O5S. The number of sulfonamides is 1. The normalized spacial score (nSPS) is 14.4. The van der Waals surface area contributed by atoms with Gasteiger partial charge in [0.05, 0.1) is 17.1 Å². The molecule has 1 heterocycles. The lowest BCUT2D eigenvalue weighted by Crippen LogP contribution is -2.51. The molecule has 0 saturated carbocycles. The summed E-state index contributed by atoms with van der Waals surface area (Å²) in [6.07, 6.45) is 8.18. The van der Waals surface area contributed by atoms with Crippen LogP contribution in [-0.4, -0.2) is 68.0 Å². The van der Waals surface area contributed by atoms with E-state index in [4.69, 9.17) is 6.42 Å². The van der Waals surface area contributed by atoms with Crippen LogP contribution >= 0.6 is 0 Å². The van der Waals surface area contributed by atoms with Crippen LogP contribution in [0.25, 0.3) is 0 Å². The van der Waals surface area contributed by atoms with Crippen molar-refractivity contribution in [3.05, 3.63) is 54.1 Å². The second-order valence-corrected chi connectivity index (χ2v) is 12.9. The Morgan fingerprint density at radius 2 is 1.73 bits per heavy atom. The number of para-hydroxylation sites is 1. The van der Waals surface area contributed by atoms with E-state index in [1.807, 2.05) is 20.8 Å². The average Bonchev–Trinajstić information content (AvgIpc) is 3.44. The van der Waals surface area contributed by atoms with Crippen LogP contribution in [0.1, 0.15) is 52.0 Å². The van der Waals surface area contributed by atoms with Crippen molar-refractivity contribution in [3.63, 3.8) is 0 Å². The van der Waals surface area contributed by atoms with E-state index in [2.05, 4.69) is 16.2 Å². The van der Waals surface area contributed by atoms with Gasteiger partial charge < -0.3 is 5.11 Å². The van der Waals surface area contributed by atoms with Crippen molar-refractivity contribution < 1.29 is 23.1 Å². The molecule has 0 aromatic heterocycles. The summed E-state index contributed by atoms with van der Waals surface area (Å²) in [6.45, 7) is 8.07. The quantitative estimate of drug-likeness (QED) is 0.275. The molecule has 1 fully saturated rings. The number of amides is 2. The van der Waals surface area contributed by atoms with Gasteiger partial charge in [0.1, 0.15) is 5.75 Å². The van der Waals surface area contributed by atoms with Gasteiger partial charge in [0.15, 0.2) is 0 Å². The molecule has 1 saturated heterocycles. The number of rotatable bonds is 13. The zero-order valence-electron chi connectivity index (χ0n) is 24.3. The lowest BCUT2D eigenvalue weighted by atomic mass is 9.99. The number of phenolic OH excluding ortho intramolecular Hbond substituents is 1. The van der Waals surface area contributed by atoms with Crippen LogP contribution in [0.5, 0.6) is 5.75 Å². The number of benzene rings is 2. The maximum Gasteiger partial charge on any atom is 0.264 e. The predicted molar refractivity (Wildman–Crippen MR) is 160 cm³/mol. The number of nitrogens with one attached hydrogen (secondary N) is 1. The molecule has 1 atom stereocenters. The van der Waals surface area contributed by atoms with Gasteiger partial charge in [-0.15, -0.1) is 12.3 Å². The number of carbonyl (C=O) groups excluding carboxylic acids is 2. The van der Waals surface area contributed by atoms with Gasteiger partial charge in [-0.25, -0.2) is 8.42 Å². The number of hydrazine groups is 1. The Labute approximate surface area is 244 Å². The molecular weight excluding hydrogens is 540 g/mol. The minimum absolute atomic E-state index is 0.00205. The van der Waals surface area contributed by atoms with E-state index in [1.54, 1.807) is 36.4 Å². The summed E-state index contributed by atoms with van der Waals surface area (Å²) < 4.78 is 28.5. The van der Waals surface area contributed by atoms with Crippen LogP contribution in [0.3, 0.4) is 0 Å². The molecule has 222 valence electrons. The van der Waals surface area contributed by atoms with Crippen molar-refractivity contribution in [2.75, 3.05) is 37.0 Å². The van der Waals surface area contributed by atoms with Crippen molar-refractivity contribution in [1.82, 2.24) is 15.3 Å². The molecule has 0 unspecified atom stereocenters. The molecule has 1 aliphatic heterocycles. The molecule has 2 N–H and O–H groups in total. The maximum atomic E-state index is 13.6. The topological polar surface area (TPSA) is 110 Å². The lowest BCUT2D eigenvalue weighted by Gasteiger charge is -2.29. The number of phenols is 1. The van der Waals surface area contributed by atoms with E-state index in [1.165, 1.54) is 21.4 Å². The number of anilines is 1. The van der Waals surface area contributed by atoms with Crippen LogP contribution in [-0.2, 0) is 26.0 Å². The Balaban J connectivity index is 1.80. The van der Waals surface area contributed by atoms with E-state index in [9.17, 15) is 23.1 Å². The molecule has 10 heteroatoms. The Morgan fingerprint density at radius 3 is 2.37 bits per heavy atom. The van der Waals surface area contributed by atoms with Crippen LogP contribution < -0.4 is 9.73 Å². The molecule has 0 aliphatic carbocycles. The fourth-order valence-electron chi connectivity index (χ4n) is 4.93. The Kier molecular flexibility index (Phi) is 11.6. The first-order chi connectivity index (χ1) is 19.5. The number of nitrogens with zero attached hydrogens (tertiary/aromatic N) is 3. The lowest BCUT2D eigenvalue weighted by molar-refractivity contribution is -0.142. The number of likely N-dealkylation sites (tertiary alicyclic amines) is 1. The predicted octanol–water partition coefficient (Wildman–Crippen LogP) is 3.79. The van der Waals surface area contributed by atoms with Crippen molar-refractivity contribution >= 4 is 27.5 Å². The smallest absolute Gasteiger partial charge is 0.264 e. The molecule has 0 bridgehead atoms. The summed E-state index contributed by atoms with van der Waals surface area (Å²) in [5.74, 6) is 1.63. The molecule has 1 aliphatic rings. The number of carbonyl (C=O) groups is 2. The van der Waals surface area contributed by atoms with Gasteiger partial charge in [-0.3, -0.25) is 29.2 Å². The van der Waals surface area contributed by atoms with E-state index in [0.717, 1.165) is 25.9 Å². The fraction of sp³-hybridized carbons (Fsp3) is 0.484. The summed E-state index contributed by atoms with van der Waals surface area (Å²) in [5, 5.41) is 12.6. The Hall–Kier alpha value is -3.55. The van der Waals surface area contributed by atoms with Gasteiger partial charge in [0.25, 0.3) is 15.9 Å². The summed E-state index contributed by atoms with van der Waals surface area (Å²) >= 11 is 0. The van der Waals surface area contributed by atoms with Gasteiger partial charge in [-0.05, 0) is 68.0 Å². The summed E-state index contributed by atoms with van der Waals surface area (Å²) in [6, 6.07) is 13.2. The maximum absolute atomic E-state index is 13.6. The second kappa shape index (κ2) is 14.9. The molecule has 0 spiro atoms. The number of hydrogen-bond donors (Lipinski definition) is 2. The number of terminal acetylenes is 1. The number of aromatic hydroxyl groups is 1. The first-order valence-corrected chi connectivity index (χ1v) is 15.6. The van der Waals surface area contributed by atoms with Crippen LogP contribution in [0.15, 0.2) is 53.4 Å². The van der Waals surface area contributed by atoms with Crippen LogP contribution in [0, 0.1) is 24.2 Å². The molecule has 0 radical (unpaired) electrons. The van der Waals surface area contributed by atoms with Gasteiger partial charge in [0.2, 0.25) is 5.91 Å². The second-order valence-electron chi connectivity index (χ2n) is 11.1. The van der Waals surface area contributed by atoms with Crippen molar-refractivity contribution in [2.45, 2.75) is 57.8 Å². The zero-order chi connectivity index (χ0) is 30.0. The molecule has 2 aromatic rings. The standard InChI is InChI=1S/C31H42N4O5S/c1-5-6-17-30(37)34(32-29(36)23-33-18-10-11-19-33)22-25(4)20-26-13-12-16-28(31(26)38)35(21-24(2)3)41(39,40)27-14-8-7-9-15-27/h1,7-9,12-16,24-25,38H,6,10-11,17-23H2,2-4H3,(H,32,36)/t25-/m1/s1. The minimum Gasteiger partial charge on any atom is -0.505 e. The average molecular weight is 583 g/mol. The Bertz CT molecular complexity index is 1320. The van der Waals surface area contributed by atoms with E-state index in [-0.39, 0.29) is 72.5 Å². The fourth-order valence-corrected chi connectivity index (χ4v) is 6.58. The SMILES string of the molecule is C#CCCC(=O)N(C[C@H](C)Cc1cccc(N(CC(C)C)S(=O)(=O)c2ccccc2)c1O)NC(=O)CN1CCCC1. The first-order valence-electron chi connectivity index (χ1n) is 14.2. The first kappa shape index (κ1) is 32.0. The third-order valence-corrected chi connectivity index (χ3v) is 8.70. The molecule has 3 rings (SSSR count). The highest BCUT2D eigenvalue weighted by molar-refractivity contribution is 7.92. The molecule has 2 aromatic carbocycles. The van der Waals surface area contributed by atoms with Gasteiger partial charge in [-0.1, -0.05) is 51.1 Å². The molecule has 2 amide bonds. The third kappa shape index (κ3) is 8.97. The zero-order valence-corrected chi connectivity index (χ0v) is 25.1. The highest BCUT2D eigenvalue weighted by Crippen LogP contribution is 2.36. The van der Waals surface area contributed by atoms with Crippen LogP contribution in [0.4, 0.5) is 5.69 Å². The highest BCUT2D eigenvalue weighted by atomic mass is 32.2.